The molecule has 0 radical (unpaired) electrons. The third kappa shape index (κ3) is 2.45. The van der Waals surface area contributed by atoms with E-state index in [1.165, 1.54) is 12.1 Å². The zero-order valence-electron chi connectivity index (χ0n) is 9.49. The van der Waals surface area contributed by atoms with Gasteiger partial charge in [-0.2, -0.15) is 0 Å². The van der Waals surface area contributed by atoms with Crippen molar-refractivity contribution in [1.29, 1.82) is 0 Å². The number of carbonyl (C=O) groups excluding carboxylic acids is 1. The van der Waals surface area contributed by atoms with E-state index in [-0.39, 0.29) is 17.4 Å². The predicted molar refractivity (Wildman–Crippen MR) is 63.1 cm³/mol. The van der Waals surface area contributed by atoms with E-state index in [9.17, 15) is 9.59 Å². The number of carboxylic acids is 1. The van der Waals surface area contributed by atoms with Crippen molar-refractivity contribution in [2.24, 2.45) is 5.92 Å². The molecular weight excluding hydrogens is 220 g/mol. The number of amides is 1. The molecule has 1 amide bonds. The molecule has 1 saturated heterocycles. The summed E-state index contributed by atoms with van der Waals surface area (Å²) in [6.45, 7) is 3.20. The van der Waals surface area contributed by atoms with Crippen molar-refractivity contribution < 1.29 is 14.7 Å². The van der Waals surface area contributed by atoms with Crippen molar-refractivity contribution in [3.8, 4) is 0 Å². The summed E-state index contributed by atoms with van der Waals surface area (Å²) in [5, 5.41) is 14.7. The molecule has 1 aliphatic rings. The van der Waals surface area contributed by atoms with Crippen LogP contribution in [0.3, 0.4) is 0 Å². The fourth-order valence-corrected chi connectivity index (χ4v) is 1.60. The van der Waals surface area contributed by atoms with Crippen LogP contribution in [0.25, 0.3) is 0 Å². The molecule has 0 aliphatic carbocycles. The van der Waals surface area contributed by atoms with Gasteiger partial charge < -0.3 is 15.7 Å². The van der Waals surface area contributed by atoms with Crippen LogP contribution < -0.4 is 10.6 Å². The van der Waals surface area contributed by atoms with Gasteiger partial charge in [0.25, 0.3) is 0 Å². The maximum absolute atomic E-state index is 11.7. The molecule has 5 heteroatoms. The molecule has 2 rings (SSSR count). The van der Waals surface area contributed by atoms with E-state index in [0.29, 0.717) is 18.8 Å². The molecule has 0 bridgehead atoms. The molecular formula is C12H14N2O3. The molecule has 17 heavy (non-hydrogen) atoms. The lowest BCUT2D eigenvalue weighted by molar-refractivity contribution is -0.121. The molecule has 1 aliphatic heterocycles. The summed E-state index contributed by atoms with van der Waals surface area (Å²) in [5.74, 6) is -1.07. The third-order valence-electron chi connectivity index (χ3n) is 2.89. The molecule has 0 unspecified atom stereocenters. The Morgan fingerprint density at radius 1 is 1.41 bits per heavy atom. The Kier molecular flexibility index (Phi) is 3.10. The Morgan fingerprint density at radius 3 is 2.65 bits per heavy atom. The highest BCUT2D eigenvalue weighted by Gasteiger charge is 2.25. The summed E-state index contributed by atoms with van der Waals surface area (Å²) in [7, 11) is 0. The molecule has 0 atom stereocenters. The van der Waals surface area contributed by atoms with Crippen LogP contribution in [0, 0.1) is 12.8 Å². The minimum Gasteiger partial charge on any atom is -0.478 e. The third-order valence-corrected chi connectivity index (χ3v) is 2.89. The van der Waals surface area contributed by atoms with Crippen LogP contribution in [-0.4, -0.2) is 30.1 Å². The van der Waals surface area contributed by atoms with E-state index < -0.39 is 5.97 Å². The highest BCUT2D eigenvalue weighted by molar-refractivity contribution is 5.96. The SMILES string of the molecule is Cc1ccc(C(=O)O)cc1NC(=O)C1CNC1. The molecule has 1 heterocycles. The van der Waals surface area contributed by atoms with E-state index in [0.717, 1.165) is 5.56 Å². The van der Waals surface area contributed by atoms with Crippen LogP contribution in [0.4, 0.5) is 5.69 Å². The van der Waals surface area contributed by atoms with Crippen molar-refractivity contribution in [3.05, 3.63) is 29.3 Å². The van der Waals surface area contributed by atoms with Gasteiger partial charge in [0, 0.05) is 18.8 Å². The Balaban J connectivity index is 2.16. The summed E-state index contributed by atoms with van der Waals surface area (Å²) >= 11 is 0. The van der Waals surface area contributed by atoms with E-state index >= 15 is 0 Å². The van der Waals surface area contributed by atoms with Crippen LogP contribution >= 0.6 is 0 Å². The Labute approximate surface area is 98.8 Å². The first-order chi connectivity index (χ1) is 8.08. The quantitative estimate of drug-likeness (QED) is 0.724. The zero-order valence-corrected chi connectivity index (χ0v) is 9.49. The van der Waals surface area contributed by atoms with Gasteiger partial charge in [-0.3, -0.25) is 4.79 Å². The van der Waals surface area contributed by atoms with E-state index in [1.807, 2.05) is 6.92 Å². The Bertz CT molecular complexity index is 467. The van der Waals surface area contributed by atoms with Crippen LogP contribution in [0.5, 0.6) is 0 Å². The van der Waals surface area contributed by atoms with E-state index in [1.54, 1.807) is 6.07 Å². The second-order valence-corrected chi connectivity index (χ2v) is 4.18. The van der Waals surface area contributed by atoms with Gasteiger partial charge in [-0.25, -0.2) is 4.79 Å². The molecule has 1 aromatic carbocycles. The Hall–Kier alpha value is -1.88. The highest BCUT2D eigenvalue weighted by atomic mass is 16.4. The lowest BCUT2D eigenvalue weighted by Gasteiger charge is -2.26. The van der Waals surface area contributed by atoms with Crippen LogP contribution in [-0.2, 0) is 4.79 Å². The number of anilines is 1. The number of hydrogen-bond donors (Lipinski definition) is 3. The van der Waals surface area contributed by atoms with Gasteiger partial charge in [-0.05, 0) is 24.6 Å². The van der Waals surface area contributed by atoms with Crippen LogP contribution in [0.15, 0.2) is 18.2 Å². The van der Waals surface area contributed by atoms with Gasteiger partial charge >= 0.3 is 5.97 Å². The van der Waals surface area contributed by atoms with E-state index in [4.69, 9.17) is 5.11 Å². The number of carboxylic acid groups (broad SMARTS) is 1. The van der Waals surface area contributed by atoms with Gasteiger partial charge in [0.15, 0.2) is 0 Å². The van der Waals surface area contributed by atoms with Gasteiger partial charge in [-0.1, -0.05) is 6.07 Å². The maximum Gasteiger partial charge on any atom is 0.335 e. The number of hydrogen-bond acceptors (Lipinski definition) is 3. The second kappa shape index (κ2) is 4.55. The average Bonchev–Trinajstić information content (AvgIpc) is 2.18. The molecule has 0 aromatic heterocycles. The fourth-order valence-electron chi connectivity index (χ4n) is 1.60. The standard InChI is InChI=1S/C12H14N2O3/c1-7-2-3-8(12(16)17)4-10(7)14-11(15)9-5-13-6-9/h2-4,9,13H,5-6H2,1H3,(H,14,15)(H,16,17). The summed E-state index contributed by atoms with van der Waals surface area (Å²) in [4.78, 5) is 22.6. The number of carbonyl (C=O) groups is 2. The lowest BCUT2D eigenvalue weighted by Crippen LogP contribution is -2.48. The first-order valence-corrected chi connectivity index (χ1v) is 5.43. The van der Waals surface area contributed by atoms with Gasteiger partial charge in [0.05, 0.1) is 11.5 Å². The largest absolute Gasteiger partial charge is 0.478 e. The smallest absolute Gasteiger partial charge is 0.335 e. The number of aromatic carboxylic acids is 1. The molecule has 0 spiro atoms. The molecule has 0 saturated carbocycles. The van der Waals surface area contributed by atoms with Crippen LogP contribution in [0.2, 0.25) is 0 Å². The normalized spacial score (nSPS) is 15.1. The summed E-state index contributed by atoms with van der Waals surface area (Å²) < 4.78 is 0. The summed E-state index contributed by atoms with van der Waals surface area (Å²) in [6.07, 6.45) is 0. The fraction of sp³-hybridized carbons (Fsp3) is 0.333. The monoisotopic (exact) mass is 234 g/mol. The van der Waals surface area contributed by atoms with Gasteiger partial charge in [0.1, 0.15) is 0 Å². The molecule has 1 fully saturated rings. The van der Waals surface area contributed by atoms with Crippen molar-refractivity contribution >= 4 is 17.6 Å². The first kappa shape index (κ1) is 11.6. The molecule has 1 aromatic rings. The number of aryl methyl sites for hydroxylation is 1. The number of benzene rings is 1. The number of rotatable bonds is 3. The first-order valence-electron chi connectivity index (χ1n) is 5.43. The van der Waals surface area contributed by atoms with Gasteiger partial charge in [-0.15, -0.1) is 0 Å². The highest BCUT2D eigenvalue weighted by Crippen LogP contribution is 2.18. The maximum atomic E-state index is 11.7. The van der Waals surface area contributed by atoms with Crippen molar-refractivity contribution in [3.63, 3.8) is 0 Å². The number of nitrogens with one attached hydrogen (secondary N) is 2. The van der Waals surface area contributed by atoms with E-state index in [2.05, 4.69) is 10.6 Å². The van der Waals surface area contributed by atoms with Crippen molar-refractivity contribution in [2.75, 3.05) is 18.4 Å². The van der Waals surface area contributed by atoms with Crippen LogP contribution in [0.1, 0.15) is 15.9 Å². The van der Waals surface area contributed by atoms with Crippen molar-refractivity contribution in [1.82, 2.24) is 5.32 Å². The minimum atomic E-state index is -0.995. The minimum absolute atomic E-state index is 0.0112. The molecule has 5 nitrogen and oxygen atoms in total. The lowest BCUT2D eigenvalue weighted by atomic mass is 10.0. The summed E-state index contributed by atoms with van der Waals surface area (Å²) in [5.41, 5.74) is 1.61. The topological polar surface area (TPSA) is 78.4 Å². The Morgan fingerprint density at radius 2 is 2.12 bits per heavy atom. The average molecular weight is 234 g/mol. The second-order valence-electron chi connectivity index (χ2n) is 4.18. The predicted octanol–water partition coefficient (Wildman–Crippen LogP) is 0.851. The molecule has 3 N–H and O–H groups in total. The zero-order chi connectivity index (χ0) is 12.4. The van der Waals surface area contributed by atoms with Gasteiger partial charge in [0.2, 0.25) is 5.91 Å². The summed E-state index contributed by atoms with van der Waals surface area (Å²) in [6, 6.07) is 4.71. The molecule has 90 valence electrons. The van der Waals surface area contributed by atoms with Crippen molar-refractivity contribution in [2.45, 2.75) is 6.92 Å².